The zero-order valence-corrected chi connectivity index (χ0v) is 17.4. The largest absolute Gasteiger partial charge is 0.493 e. The summed E-state index contributed by atoms with van der Waals surface area (Å²) in [6.07, 6.45) is 3.54. The molecule has 29 heavy (non-hydrogen) atoms. The number of ether oxygens (including phenoxy) is 3. The third-order valence-corrected chi connectivity index (χ3v) is 5.05. The van der Waals surface area contributed by atoms with Crippen molar-refractivity contribution in [3.8, 4) is 17.2 Å². The van der Waals surface area contributed by atoms with Gasteiger partial charge < -0.3 is 24.4 Å². The summed E-state index contributed by atoms with van der Waals surface area (Å²) in [6.45, 7) is 3.80. The van der Waals surface area contributed by atoms with E-state index >= 15 is 0 Å². The van der Waals surface area contributed by atoms with Crippen LogP contribution in [0.3, 0.4) is 0 Å². The van der Waals surface area contributed by atoms with Gasteiger partial charge in [0.1, 0.15) is 0 Å². The number of aromatic nitrogens is 2. The Hall–Kier alpha value is -3.03. The molecule has 1 unspecified atom stereocenters. The number of benzene rings is 1. The van der Waals surface area contributed by atoms with Crippen molar-refractivity contribution in [2.75, 3.05) is 39.3 Å². The van der Waals surface area contributed by atoms with Crippen LogP contribution >= 0.6 is 0 Å². The second-order valence-corrected chi connectivity index (χ2v) is 7.03. The Kier molecular flexibility index (Phi) is 6.74. The number of nitrogens with one attached hydrogen (secondary N) is 1. The van der Waals surface area contributed by atoms with E-state index in [4.69, 9.17) is 14.2 Å². The van der Waals surface area contributed by atoms with E-state index in [0.717, 1.165) is 30.6 Å². The molecular formula is C21H28N4O4. The normalized spacial score (nSPS) is 16.3. The highest BCUT2D eigenvalue weighted by molar-refractivity contribution is 5.79. The van der Waals surface area contributed by atoms with Gasteiger partial charge in [-0.1, -0.05) is 0 Å². The summed E-state index contributed by atoms with van der Waals surface area (Å²) in [5.41, 5.74) is 1.80. The first kappa shape index (κ1) is 20.7. The molecule has 0 aliphatic carbocycles. The van der Waals surface area contributed by atoms with Crippen LogP contribution in [-0.2, 0) is 11.3 Å². The number of amides is 1. The lowest BCUT2D eigenvalue weighted by Crippen LogP contribution is -2.43. The number of rotatable bonds is 7. The molecule has 1 aliphatic rings. The molecule has 3 rings (SSSR count). The molecule has 1 aliphatic heterocycles. The second-order valence-electron chi connectivity index (χ2n) is 7.03. The van der Waals surface area contributed by atoms with Crippen molar-refractivity contribution < 1.29 is 19.0 Å². The minimum Gasteiger partial charge on any atom is -0.493 e. The second kappa shape index (κ2) is 9.45. The quantitative estimate of drug-likeness (QED) is 0.763. The highest BCUT2D eigenvalue weighted by Crippen LogP contribution is 2.38. The predicted octanol–water partition coefficient (Wildman–Crippen LogP) is 2.34. The Morgan fingerprint density at radius 2 is 1.93 bits per heavy atom. The number of hydrogen-bond donors (Lipinski definition) is 1. The molecule has 0 saturated carbocycles. The maximum Gasteiger partial charge on any atom is 0.225 e. The zero-order chi connectivity index (χ0) is 20.8. The molecule has 2 aromatic rings. The molecule has 1 atom stereocenters. The average molecular weight is 400 g/mol. The van der Waals surface area contributed by atoms with E-state index in [-0.39, 0.29) is 11.8 Å². The maximum absolute atomic E-state index is 12.8. The molecule has 1 aromatic heterocycles. The van der Waals surface area contributed by atoms with E-state index in [1.165, 1.54) is 0 Å². The Morgan fingerprint density at radius 1 is 1.21 bits per heavy atom. The van der Waals surface area contributed by atoms with E-state index in [1.807, 2.05) is 25.1 Å². The number of methoxy groups -OCH3 is 3. The summed E-state index contributed by atoms with van der Waals surface area (Å²) in [6, 6.07) is 5.56. The van der Waals surface area contributed by atoms with Crippen LogP contribution in [0.25, 0.3) is 0 Å². The van der Waals surface area contributed by atoms with Gasteiger partial charge in [0.2, 0.25) is 17.6 Å². The number of carbonyl (C=O) groups is 1. The lowest BCUT2D eigenvalue weighted by Gasteiger charge is -2.32. The highest BCUT2D eigenvalue weighted by Gasteiger charge is 2.27. The van der Waals surface area contributed by atoms with Crippen LogP contribution in [0.4, 0.5) is 5.95 Å². The molecule has 0 bridgehead atoms. The van der Waals surface area contributed by atoms with Gasteiger partial charge in [0.15, 0.2) is 11.5 Å². The van der Waals surface area contributed by atoms with Crippen LogP contribution < -0.4 is 24.4 Å². The first-order chi connectivity index (χ1) is 14.0. The molecule has 2 heterocycles. The number of carbonyl (C=O) groups excluding carboxylic acids is 1. The SMILES string of the molecule is COc1cc(CNC(=O)C2CCCN(c3nccc(C)n3)C2)cc(OC)c1OC. The molecule has 8 nitrogen and oxygen atoms in total. The molecular weight excluding hydrogens is 372 g/mol. The maximum atomic E-state index is 12.8. The minimum atomic E-state index is -0.102. The number of hydrogen-bond acceptors (Lipinski definition) is 7. The van der Waals surface area contributed by atoms with Crippen molar-refractivity contribution in [1.82, 2.24) is 15.3 Å². The first-order valence-corrected chi connectivity index (χ1v) is 9.67. The van der Waals surface area contributed by atoms with E-state index in [1.54, 1.807) is 27.5 Å². The summed E-state index contributed by atoms with van der Waals surface area (Å²) >= 11 is 0. The molecule has 1 saturated heterocycles. The fourth-order valence-electron chi connectivity index (χ4n) is 3.53. The zero-order valence-electron chi connectivity index (χ0n) is 17.4. The Balaban J connectivity index is 1.64. The van der Waals surface area contributed by atoms with Gasteiger partial charge in [-0.15, -0.1) is 0 Å². The average Bonchev–Trinajstić information content (AvgIpc) is 2.76. The third kappa shape index (κ3) is 4.88. The third-order valence-electron chi connectivity index (χ3n) is 5.05. The summed E-state index contributed by atoms with van der Waals surface area (Å²) < 4.78 is 16.1. The van der Waals surface area contributed by atoms with Crippen molar-refractivity contribution in [2.45, 2.75) is 26.3 Å². The fourth-order valence-corrected chi connectivity index (χ4v) is 3.53. The van der Waals surface area contributed by atoms with E-state index in [9.17, 15) is 4.79 Å². The summed E-state index contributed by atoms with van der Waals surface area (Å²) in [7, 11) is 4.71. The van der Waals surface area contributed by atoms with Crippen molar-refractivity contribution in [1.29, 1.82) is 0 Å². The van der Waals surface area contributed by atoms with Crippen LogP contribution in [-0.4, -0.2) is 50.3 Å². The molecule has 0 radical (unpaired) electrons. The van der Waals surface area contributed by atoms with Gasteiger partial charge in [-0.05, 0) is 43.5 Å². The lowest BCUT2D eigenvalue weighted by atomic mass is 9.97. The highest BCUT2D eigenvalue weighted by atomic mass is 16.5. The van der Waals surface area contributed by atoms with E-state index in [2.05, 4.69) is 20.2 Å². The summed E-state index contributed by atoms with van der Waals surface area (Å²) in [5.74, 6) is 2.28. The van der Waals surface area contributed by atoms with Gasteiger partial charge in [-0.3, -0.25) is 4.79 Å². The molecule has 156 valence electrons. The van der Waals surface area contributed by atoms with Gasteiger partial charge in [-0.2, -0.15) is 0 Å². The smallest absolute Gasteiger partial charge is 0.225 e. The topological polar surface area (TPSA) is 85.8 Å². The van der Waals surface area contributed by atoms with Gasteiger partial charge in [0.25, 0.3) is 0 Å². The summed E-state index contributed by atoms with van der Waals surface area (Å²) in [5, 5.41) is 3.03. The monoisotopic (exact) mass is 400 g/mol. The Labute approximate surface area is 171 Å². The van der Waals surface area contributed by atoms with Gasteiger partial charge in [-0.25, -0.2) is 9.97 Å². The number of piperidine rings is 1. The van der Waals surface area contributed by atoms with Crippen molar-refractivity contribution in [3.63, 3.8) is 0 Å². The fraction of sp³-hybridized carbons (Fsp3) is 0.476. The Morgan fingerprint density at radius 3 is 2.55 bits per heavy atom. The van der Waals surface area contributed by atoms with Crippen LogP contribution in [0, 0.1) is 12.8 Å². The number of nitrogens with zero attached hydrogens (tertiary/aromatic N) is 3. The van der Waals surface area contributed by atoms with Crippen molar-refractivity contribution >= 4 is 11.9 Å². The molecule has 1 amide bonds. The molecule has 1 fully saturated rings. The molecule has 8 heteroatoms. The number of aryl methyl sites for hydroxylation is 1. The van der Waals surface area contributed by atoms with Gasteiger partial charge >= 0.3 is 0 Å². The summed E-state index contributed by atoms with van der Waals surface area (Å²) in [4.78, 5) is 23.7. The number of anilines is 1. The minimum absolute atomic E-state index is 0.0242. The predicted molar refractivity (Wildman–Crippen MR) is 110 cm³/mol. The van der Waals surface area contributed by atoms with E-state index < -0.39 is 0 Å². The molecule has 0 spiro atoms. The van der Waals surface area contributed by atoms with Crippen molar-refractivity contribution in [2.24, 2.45) is 5.92 Å². The van der Waals surface area contributed by atoms with Crippen LogP contribution in [0.1, 0.15) is 24.1 Å². The van der Waals surface area contributed by atoms with Gasteiger partial charge in [0, 0.05) is 31.5 Å². The van der Waals surface area contributed by atoms with Crippen LogP contribution in [0.2, 0.25) is 0 Å². The van der Waals surface area contributed by atoms with Crippen molar-refractivity contribution in [3.05, 3.63) is 35.7 Å². The Bertz CT molecular complexity index is 833. The molecule has 1 aromatic carbocycles. The van der Waals surface area contributed by atoms with E-state index in [0.29, 0.717) is 36.3 Å². The van der Waals surface area contributed by atoms with Crippen LogP contribution in [0.5, 0.6) is 17.2 Å². The standard InChI is InChI=1S/C21H28N4O4/c1-14-7-8-22-21(24-14)25-9-5-6-16(13-25)20(26)23-12-15-10-17(27-2)19(29-4)18(11-15)28-3/h7-8,10-11,16H,5-6,9,12-13H2,1-4H3,(H,23,26). The lowest BCUT2D eigenvalue weighted by molar-refractivity contribution is -0.125. The molecule has 1 N–H and O–H groups in total. The first-order valence-electron chi connectivity index (χ1n) is 9.67. The van der Waals surface area contributed by atoms with Gasteiger partial charge in [0.05, 0.1) is 27.2 Å². The van der Waals surface area contributed by atoms with Crippen LogP contribution in [0.15, 0.2) is 24.4 Å².